The number of rotatable bonds is 5. The van der Waals surface area contributed by atoms with Gasteiger partial charge in [-0.3, -0.25) is 9.69 Å². The maximum Gasteiger partial charge on any atom is 0.240 e. The second-order valence-electron chi connectivity index (χ2n) is 5.98. The Labute approximate surface area is 137 Å². The van der Waals surface area contributed by atoms with Gasteiger partial charge in [-0.25, -0.2) is 0 Å². The van der Waals surface area contributed by atoms with Crippen LogP contribution >= 0.6 is 0 Å². The number of carbonyl (C=O) groups is 1. The zero-order valence-corrected chi connectivity index (χ0v) is 13.3. The van der Waals surface area contributed by atoms with Crippen molar-refractivity contribution in [1.82, 2.24) is 9.80 Å². The Morgan fingerprint density at radius 3 is 2.09 bits per heavy atom. The maximum atomic E-state index is 12.4. The van der Waals surface area contributed by atoms with E-state index in [0.29, 0.717) is 13.1 Å². The smallest absolute Gasteiger partial charge is 0.240 e. The van der Waals surface area contributed by atoms with E-state index in [0.717, 1.165) is 25.2 Å². The topological polar surface area (TPSA) is 23.6 Å². The molecular formula is C20H22N2O. The number of carbonyl (C=O) groups excluding carboxylic acids is 1. The number of hydrogen-bond acceptors (Lipinski definition) is 2. The van der Waals surface area contributed by atoms with Crippen LogP contribution in [0.5, 0.6) is 0 Å². The predicted molar refractivity (Wildman–Crippen MR) is 92.7 cm³/mol. The molecule has 1 amide bonds. The van der Waals surface area contributed by atoms with Gasteiger partial charge in [0, 0.05) is 25.3 Å². The van der Waals surface area contributed by atoms with Gasteiger partial charge in [-0.05, 0) is 17.5 Å². The van der Waals surface area contributed by atoms with Gasteiger partial charge in [-0.2, -0.15) is 0 Å². The molecule has 0 saturated carbocycles. The van der Waals surface area contributed by atoms with Crippen molar-refractivity contribution in [2.24, 2.45) is 0 Å². The van der Waals surface area contributed by atoms with Crippen LogP contribution in [0.25, 0.3) is 0 Å². The molecule has 0 radical (unpaired) electrons. The van der Waals surface area contributed by atoms with E-state index in [-0.39, 0.29) is 5.91 Å². The van der Waals surface area contributed by atoms with E-state index in [4.69, 9.17) is 0 Å². The van der Waals surface area contributed by atoms with Gasteiger partial charge in [-0.1, -0.05) is 67.2 Å². The molecule has 3 heteroatoms. The summed E-state index contributed by atoms with van der Waals surface area (Å²) in [5.74, 6) is 0.146. The fraction of sp³-hybridized carbons (Fsp3) is 0.250. The lowest BCUT2D eigenvalue weighted by Crippen LogP contribution is -2.48. The van der Waals surface area contributed by atoms with Gasteiger partial charge in [0.05, 0.1) is 6.54 Å². The minimum Gasteiger partial charge on any atom is -0.314 e. The molecule has 2 aromatic rings. The Morgan fingerprint density at radius 1 is 0.870 bits per heavy atom. The van der Waals surface area contributed by atoms with E-state index in [1.165, 1.54) is 11.1 Å². The first-order valence-electron chi connectivity index (χ1n) is 8.01. The number of piperazine rings is 1. The van der Waals surface area contributed by atoms with Crippen LogP contribution in [0.3, 0.4) is 0 Å². The molecule has 1 aliphatic heterocycles. The van der Waals surface area contributed by atoms with Crippen LogP contribution in [0, 0.1) is 0 Å². The molecule has 0 bridgehead atoms. The molecule has 2 aromatic carbocycles. The Balaban J connectivity index is 1.57. The molecule has 118 valence electrons. The molecule has 1 heterocycles. The Kier molecular flexibility index (Phi) is 4.89. The van der Waals surface area contributed by atoms with E-state index in [1.807, 2.05) is 41.3 Å². The lowest BCUT2D eigenvalue weighted by molar-refractivity contribution is -0.133. The SMILES string of the molecule is C=C1CN(Cc2ccccc2)CC(=O)N1CCc1ccccc1. The molecule has 3 nitrogen and oxygen atoms in total. The first kappa shape index (κ1) is 15.5. The van der Waals surface area contributed by atoms with Crippen LogP contribution in [0.15, 0.2) is 72.9 Å². The first-order chi connectivity index (χ1) is 11.2. The van der Waals surface area contributed by atoms with Crippen molar-refractivity contribution in [3.05, 3.63) is 84.1 Å². The van der Waals surface area contributed by atoms with Gasteiger partial charge >= 0.3 is 0 Å². The van der Waals surface area contributed by atoms with Crippen LogP contribution in [0.1, 0.15) is 11.1 Å². The molecule has 1 saturated heterocycles. The lowest BCUT2D eigenvalue weighted by atomic mass is 10.1. The van der Waals surface area contributed by atoms with Crippen LogP contribution in [0.4, 0.5) is 0 Å². The molecule has 0 N–H and O–H groups in total. The lowest BCUT2D eigenvalue weighted by Gasteiger charge is -2.36. The molecule has 3 rings (SSSR count). The first-order valence-corrected chi connectivity index (χ1v) is 8.01. The summed E-state index contributed by atoms with van der Waals surface area (Å²) in [4.78, 5) is 16.4. The van der Waals surface area contributed by atoms with Gasteiger partial charge in [0.2, 0.25) is 5.91 Å². The number of hydrogen-bond donors (Lipinski definition) is 0. The zero-order valence-electron chi connectivity index (χ0n) is 13.3. The summed E-state index contributed by atoms with van der Waals surface area (Å²) < 4.78 is 0. The van der Waals surface area contributed by atoms with Crippen molar-refractivity contribution in [3.8, 4) is 0 Å². The maximum absolute atomic E-state index is 12.4. The normalized spacial score (nSPS) is 15.9. The predicted octanol–water partition coefficient (Wildman–Crippen LogP) is 3.09. The number of nitrogens with zero attached hydrogens (tertiary/aromatic N) is 2. The third-order valence-corrected chi connectivity index (χ3v) is 4.16. The molecular weight excluding hydrogens is 284 g/mol. The summed E-state index contributed by atoms with van der Waals surface area (Å²) in [5, 5.41) is 0. The second-order valence-corrected chi connectivity index (χ2v) is 5.98. The monoisotopic (exact) mass is 306 g/mol. The van der Waals surface area contributed by atoms with Crippen molar-refractivity contribution < 1.29 is 4.79 Å². The molecule has 0 unspecified atom stereocenters. The Hall–Kier alpha value is -2.39. The van der Waals surface area contributed by atoms with Gasteiger partial charge in [-0.15, -0.1) is 0 Å². The fourth-order valence-corrected chi connectivity index (χ4v) is 2.97. The number of amides is 1. The standard InChI is InChI=1S/C20H22N2O/c1-17-14-21(15-19-10-6-3-7-11-19)16-20(23)22(17)13-12-18-8-4-2-5-9-18/h2-11H,1,12-16H2. The average Bonchev–Trinajstić information content (AvgIpc) is 2.56. The van der Waals surface area contributed by atoms with Gasteiger partial charge in [0.15, 0.2) is 0 Å². The van der Waals surface area contributed by atoms with Crippen LogP contribution in [-0.2, 0) is 17.8 Å². The highest BCUT2D eigenvalue weighted by Crippen LogP contribution is 2.16. The van der Waals surface area contributed by atoms with Gasteiger partial charge in [0.1, 0.15) is 0 Å². The van der Waals surface area contributed by atoms with E-state index >= 15 is 0 Å². The van der Waals surface area contributed by atoms with Crippen LogP contribution in [0.2, 0.25) is 0 Å². The third kappa shape index (κ3) is 4.08. The molecule has 0 aromatic heterocycles. The Bertz CT molecular complexity index is 649. The number of benzene rings is 2. The van der Waals surface area contributed by atoms with Crippen molar-refractivity contribution in [2.75, 3.05) is 19.6 Å². The minimum atomic E-state index is 0.146. The molecule has 1 fully saturated rings. The zero-order chi connectivity index (χ0) is 16.1. The van der Waals surface area contributed by atoms with Crippen molar-refractivity contribution in [1.29, 1.82) is 0 Å². The largest absolute Gasteiger partial charge is 0.314 e. The molecule has 0 atom stereocenters. The Morgan fingerprint density at radius 2 is 1.48 bits per heavy atom. The fourth-order valence-electron chi connectivity index (χ4n) is 2.97. The molecule has 0 spiro atoms. The molecule has 23 heavy (non-hydrogen) atoms. The third-order valence-electron chi connectivity index (χ3n) is 4.16. The highest BCUT2D eigenvalue weighted by molar-refractivity contribution is 5.81. The summed E-state index contributed by atoms with van der Waals surface area (Å²) in [5.41, 5.74) is 3.37. The minimum absolute atomic E-state index is 0.146. The average molecular weight is 306 g/mol. The molecule has 0 aliphatic carbocycles. The summed E-state index contributed by atoms with van der Waals surface area (Å²) in [6.45, 7) is 6.82. The van der Waals surface area contributed by atoms with E-state index in [9.17, 15) is 4.79 Å². The highest BCUT2D eigenvalue weighted by Gasteiger charge is 2.26. The van der Waals surface area contributed by atoms with Crippen molar-refractivity contribution >= 4 is 5.91 Å². The second kappa shape index (κ2) is 7.25. The summed E-state index contributed by atoms with van der Waals surface area (Å²) in [6, 6.07) is 20.5. The van der Waals surface area contributed by atoms with E-state index in [1.54, 1.807) is 0 Å². The molecule has 1 aliphatic rings. The van der Waals surface area contributed by atoms with Gasteiger partial charge < -0.3 is 4.90 Å². The van der Waals surface area contributed by atoms with E-state index < -0.39 is 0 Å². The summed E-state index contributed by atoms with van der Waals surface area (Å²) in [6.07, 6.45) is 0.865. The van der Waals surface area contributed by atoms with Crippen LogP contribution < -0.4 is 0 Å². The van der Waals surface area contributed by atoms with Gasteiger partial charge in [0.25, 0.3) is 0 Å². The van der Waals surface area contributed by atoms with Crippen molar-refractivity contribution in [3.63, 3.8) is 0 Å². The quantitative estimate of drug-likeness (QED) is 0.847. The van der Waals surface area contributed by atoms with Crippen LogP contribution in [-0.4, -0.2) is 35.3 Å². The summed E-state index contributed by atoms with van der Waals surface area (Å²) >= 11 is 0. The highest BCUT2D eigenvalue weighted by atomic mass is 16.2. The van der Waals surface area contributed by atoms with E-state index in [2.05, 4.69) is 35.7 Å². The van der Waals surface area contributed by atoms with Crippen molar-refractivity contribution in [2.45, 2.75) is 13.0 Å². The summed E-state index contributed by atoms with van der Waals surface area (Å²) in [7, 11) is 0.